The summed E-state index contributed by atoms with van der Waals surface area (Å²) in [6.45, 7) is 0.971. The molecule has 8 heteroatoms. The Labute approximate surface area is 203 Å². The van der Waals surface area contributed by atoms with Gasteiger partial charge in [-0.05, 0) is 49.1 Å². The third-order valence-electron chi connectivity index (χ3n) is 6.09. The SMILES string of the molecule is COCCCN(CC(=O)N(Cc1ccc(F)cc1)Cc1coc2ccccc2c1=O)C(=O)C1CC1. The van der Waals surface area contributed by atoms with Crippen molar-refractivity contribution in [2.75, 3.05) is 26.8 Å². The van der Waals surface area contributed by atoms with E-state index in [4.69, 9.17) is 9.15 Å². The number of methoxy groups -OCH3 is 1. The maximum atomic E-state index is 13.5. The van der Waals surface area contributed by atoms with Gasteiger partial charge in [-0.3, -0.25) is 14.4 Å². The lowest BCUT2D eigenvalue weighted by Crippen LogP contribution is -2.44. The molecule has 0 bridgehead atoms. The lowest BCUT2D eigenvalue weighted by atomic mass is 10.1. The van der Waals surface area contributed by atoms with Crippen molar-refractivity contribution in [3.63, 3.8) is 0 Å². The molecule has 3 aromatic rings. The van der Waals surface area contributed by atoms with E-state index in [1.165, 1.54) is 23.3 Å². The number of para-hydroxylation sites is 1. The summed E-state index contributed by atoms with van der Waals surface area (Å²) in [5.41, 5.74) is 1.30. The highest BCUT2D eigenvalue weighted by molar-refractivity contribution is 5.87. The van der Waals surface area contributed by atoms with Gasteiger partial charge in [0.15, 0.2) is 5.43 Å². The van der Waals surface area contributed by atoms with Crippen molar-refractivity contribution in [3.05, 3.63) is 82.0 Å². The Kier molecular flexibility index (Phi) is 7.92. The van der Waals surface area contributed by atoms with E-state index in [1.54, 1.807) is 48.4 Å². The Hall–Kier alpha value is -3.52. The molecule has 0 atom stereocenters. The average molecular weight is 481 g/mol. The Balaban J connectivity index is 1.58. The molecule has 0 N–H and O–H groups in total. The van der Waals surface area contributed by atoms with E-state index < -0.39 is 0 Å². The Morgan fingerprint density at radius 1 is 1.06 bits per heavy atom. The van der Waals surface area contributed by atoms with E-state index in [9.17, 15) is 18.8 Å². The normalized spacial score (nSPS) is 13.1. The maximum Gasteiger partial charge on any atom is 0.242 e. The Morgan fingerprint density at radius 3 is 2.51 bits per heavy atom. The van der Waals surface area contributed by atoms with Crippen LogP contribution in [0.4, 0.5) is 4.39 Å². The Bertz CT molecular complexity index is 1240. The summed E-state index contributed by atoms with van der Waals surface area (Å²) < 4.78 is 24.2. The molecule has 7 nitrogen and oxygen atoms in total. The van der Waals surface area contributed by atoms with Crippen molar-refractivity contribution in [2.24, 2.45) is 5.92 Å². The van der Waals surface area contributed by atoms with Crippen LogP contribution in [0.25, 0.3) is 11.0 Å². The highest BCUT2D eigenvalue weighted by Crippen LogP contribution is 2.31. The first-order valence-electron chi connectivity index (χ1n) is 11.8. The van der Waals surface area contributed by atoms with Crippen molar-refractivity contribution in [3.8, 4) is 0 Å². The second kappa shape index (κ2) is 11.3. The van der Waals surface area contributed by atoms with Crippen LogP contribution in [-0.2, 0) is 27.4 Å². The van der Waals surface area contributed by atoms with Crippen LogP contribution in [0.15, 0.2) is 64.0 Å². The summed E-state index contributed by atoms with van der Waals surface area (Å²) in [4.78, 5) is 42.5. The second-order valence-electron chi connectivity index (χ2n) is 8.84. The minimum absolute atomic E-state index is 0.00685. The van der Waals surface area contributed by atoms with E-state index in [0.29, 0.717) is 41.7 Å². The summed E-state index contributed by atoms with van der Waals surface area (Å²) >= 11 is 0. The van der Waals surface area contributed by atoms with Gasteiger partial charge >= 0.3 is 0 Å². The molecule has 0 unspecified atom stereocenters. The molecule has 0 saturated heterocycles. The van der Waals surface area contributed by atoms with Gasteiger partial charge in [0.05, 0.1) is 30.3 Å². The number of ether oxygens (including phenoxy) is 1. The van der Waals surface area contributed by atoms with Gasteiger partial charge in [0.2, 0.25) is 11.8 Å². The zero-order valence-electron chi connectivity index (χ0n) is 19.7. The van der Waals surface area contributed by atoms with Crippen LogP contribution in [-0.4, -0.2) is 48.4 Å². The van der Waals surface area contributed by atoms with E-state index in [2.05, 4.69) is 0 Å². The van der Waals surface area contributed by atoms with Crippen molar-refractivity contribution < 1.29 is 23.1 Å². The highest BCUT2D eigenvalue weighted by Gasteiger charge is 2.34. The molecule has 1 heterocycles. The van der Waals surface area contributed by atoms with Gasteiger partial charge in [-0.15, -0.1) is 0 Å². The lowest BCUT2D eigenvalue weighted by molar-refractivity contribution is -0.142. The van der Waals surface area contributed by atoms with E-state index in [1.807, 2.05) is 0 Å². The molecule has 184 valence electrons. The minimum atomic E-state index is -0.374. The zero-order chi connectivity index (χ0) is 24.8. The first-order valence-corrected chi connectivity index (χ1v) is 11.8. The number of rotatable bonds is 11. The molecule has 0 aliphatic heterocycles. The van der Waals surface area contributed by atoms with Gasteiger partial charge in [-0.2, -0.15) is 0 Å². The number of carbonyl (C=O) groups excluding carboxylic acids is 2. The molecule has 35 heavy (non-hydrogen) atoms. The number of halogens is 1. The van der Waals surface area contributed by atoms with Crippen LogP contribution < -0.4 is 5.43 Å². The third kappa shape index (κ3) is 6.33. The van der Waals surface area contributed by atoms with Crippen LogP contribution in [0.5, 0.6) is 0 Å². The summed E-state index contributed by atoms with van der Waals surface area (Å²) in [6.07, 6.45) is 3.67. The first kappa shape index (κ1) is 24.6. The standard InChI is InChI=1S/C27H29FN2O5/c1-34-14-4-13-29(27(33)20-9-10-20)17-25(31)30(15-19-7-11-22(28)12-8-19)16-21-18-35-24-6-3-2-5-23(24)26(21)32/h2-3,5-8,11-12,18,20H,4,9-10,13-17H2,1H3. The van der Waals surface area contributed by atoms with Crippen LogP contribution >= 0.6 is 0 Å². The topological polar surface area (TPSA) is 80.1 Å². The van der Waals surface area contributed by atoms with Gasteiger partial charge in [-0.1, -0.05) is 24.3 Å². The van der Waals surface area contributed by atoms with Crippen molar-refractivity contribution in [2.45, 2.75) is 32.4 Å². The number of fused-ring (bicyclic) bond motifs is 1. The van der Waals surface area contributed by atoms with E-state index >= 15 is 0 Å². The summed E-state index contributed by atoms with van der Waals surface area (Å²) in [6, 6.07) is 12.8. The average Bonchev–Trinajstić information content (AvgIpc) is 3.71. The quantitative estimate of drug-likeness (QED) is 0.391. The number of hydrogen-bond acceptors (Lipinski definition) is 5. The van der Waals surface area contributed by atoms with Crippen molar-refractivity contribution in [1.29, 1.82) is 0 Å². The summed E-state index contributed by atoms with van der Waals surface area (Å²) in [7, 11) is 1.59. The Morgan fingerprint density at radius 2 is 1.80 bits per heavy atom. The van der Waals surface area contributed by atoms with Gasteiger partial charge in [0, 0.05) is 32.7 Å². The van der Waals surface area contributed by atoms with E-state index in [-0.39, 0.29) is 48.6 Å². The van der Waals surface area contributed by atoms with Gasteiger partial charge in [0.25, 0.3) is 0 Å². The fraction of sp³-hybridized carbons (Fsp3) is 0.370. The molecule has 0 radical (unpaired) electrons. The van der Waals surface area contributed by atoms with Crippen molar-refractivity contribution in [1.82, 2.24) is 9.80 Å². The lowest BCUT2D eigenvalue weighted by Gasteiger charge is -2.28. The second-order valence-corrected chi connectivity index (χ2v) is 8.84. The maximum absolute atomic E-state index is 13.5. The number of benzene rings is 2. The minimum Gasteiger partial charge on any atom is -0.464 e. The molecular weight excluding hydrogens is 451 g/mol. The predicted octanol–water partition coefficient (Wildman–Crippen LogP) is 3.74. The van der Waals surface area contributed by atoms with Gasteiger partial charge in [0.1, 0.15) is 11.4 Å². The van der Waals surface area contributed by atoms with Crippen LogP contribution in [0.3, 0.4) is 0 Å². The summed E-state index contributed by atoms with van der Waals surface area (Å²) in [5.74, 6) is -0.723. The molecule has 1 aliphatic carbocycles. The van der Waals surface area contributed by atoms with E-state index in [0.717, 1.165) is 12.8 Å². The molecule has 0 spiro atoms. The number of nitrogens with zero attached hydrogens (tertiary/aromatic N) is 2. The number of carbonyl (C=O) groups is 2. The zero-order valence-corrected chi connectivity index (χ0v) is 19.7. The van der Waals surface area contributed by atoms with Crippen LogP contribution in [0.2, 0.25) is 0 Å². The molecule has 4 rings (SSSR count). The van der Waals surface area contributed by atoms with Crippen molar-refractivity contribution >= 4 is 22.8 Å². The molecule has 1 aromatic heterocycles. The summed E-state index contributed by atoms with van der Waals surface area (Å²) in [5, 5.41) is 0.435. The predicted molar refractivity (Wildman–Crippen MR) is 129 cm³/mol. The monoisotopic (exact) mass is 480 g/mol. The molecule has 1 fully saturated rings. The molecular formula is C27H29FN2O5. The number of hydrogen-bond donors (Lipinski definition) is 0. The van der Waals surface area contributed by atoms with Crippen LogP contribution in [0, 0.1) is 11.7 Å². The highest BCUT2D eigenvalue weighted by atomic mass is 19.1. The van der Waals surface area contributed by atoms with Gasteiger partial charge < -0.3 is 19.0 Å². The smallest absolute Gasteiger partial charge is 0.242 e. The van der Waals surface area contributed by atoms with Crippen LogP contribution in [0.1, 0.15) is 30.4 Å². The largest absolute Gasteiger partial charge is 0.464 e. The fourth-order valence-corrected chi connectivity index (χ4v) is 3.99. The molecule has 2 amide bonds. The molecule has 2 aromatic carbocycles. The first-order chi connectivity index (χ1) is 17.0. The molecule has 1 aliphatic rings. The third-order valence-corrected chi connectivity index (χ3v) is 6.09. The van der Waals surface area contributed by atoms with Gasteiger partial charge in [-0.25, -0.2) is 4.39 Å². The number of amides is 2. The fourth-order valence-electron chi connectivity index (χ4n) is 3.99. The molecule has 1 saturated carbocycles.